The summed E-state index contributed by atoms with van der Waals surface area (Å²) in [6.45, 7) is 4.12. The number of benzene rings is 1. The van der Waals surface area contributed by atoms with Crippen LogP contribution in [0.15, 0.2) is 30.5 Å². The average molecular weight is 294 g/mol. The van der Waals surface area contributed by atoms with E-state index in [0.717, 1.165) is 17.0 Å². The normalized spacial score (nSPS) is 12.7. The van der Waals surface area contributed by atoms with Crippen LogP contribution in [0.3, 0.4) is 0 Å². The molecule has 0 aliphatic rings. The maximum Gasteiger partial charge on any atom is 0.122 e. The van der Waals surface area contributed by atoms with Crippen molar-refractivity contribution in [1.82, 2.24) is 9.78 Å². The molecule has 2 aromatic rings. The van der Waals surface area contributed by atoms with Gasteiger partial charge in [-0.25, -0.2) is 0 Å². The summed E-state index contributed by atoms with van der Waals surface area (Å²) < 4.78 is 7.24. The summed E-state index contributed by atoms with van der Waals surface area (Å²) in [7, 11) is 1.66. The number of halogens is 1. The maximum absolute atomic E-state index is 6.33. The minimum Gasteiger partial charge on any atom is -0.496 e. The predicted octanol–water partition coefficient (Wildman–Crippen LogP) is 3.37. The molecule has 0 spiro atoms. The number of rotatable bonds is 5. The summed E-state index contributed by atoms with van der Waals surface area (Å²) >= 11 is 6.23. The predicted molar refractivity (Wildman–Crippen MR) is 81.2 cm³/mol. The summed E-state index contributed by atoms with van der Waals surface area (Å²) in [5, 5.41) is 4.91. The summed E-state index contributed by atoms with van der Waals surface area (Å²) in [5.41, 5.74) is 8.27. The van der Waals surface area contributed by atoms with E-state index >= 15 is 0 Å². The van der Waals surface area contributed by atoms with E-state index in [-0.39, 0.29) is 12.1 Å². The van der Waals surface area contributed by atoms with Crippen molar-refractivity contribution >= 4 is 11.6 Å². The number of hydrogen-bond acceptors (Lipinski definition) is 3. The average Bonchev–Trinajstić information content (AvgIpc) is 2.81. The first-order valence-corrected chi connectivity index (χ1v) is 7.02. The molecule has 108 valence electrons. The molecule has 2 rings (SSSR count). The van der Waals surface area contributed by atoms with Crippen molar-refractivity contribution in [2.24, 2.45) is 5.73 Å². The third-order valence-corrected chi connectivity index (χ3v) is 3.55. The molecule has 0 amide bonds. The Morgan fingerprint density at radius 1 is 1.35 bits per heavy atom. The number of para-hydroxylation sites is 1. The zero-order valence-electron chi connectivity index (χ0n) is 12.0. The number of nitrogens with two attached hydrogens (primary N) is 1. The quantitative estimate of drug-likeness (QED) is 0.919. The summed E-state index contributed by atoms with van der Waals surface area (Å²) in [5.74, 6) is 0.842. The summed E-state index contributed by atoms with van der Waals surface area (Å²) in [4.78, 5) is 0. The van der Waals surface area contributed by atoms with E-state index in [0.29, 0.717) is 11.4 Å². The Hall–Kier alpha value is -1.52. The molecular formula is C15H20ClN3O. The minimum atomic E-state index is -0.219. The van der Waals surface area contributed by atoms with Crippen molar-refractivity contribution in [3.8, 4) is 5.75 Å². The first kappa shape index (κ1) is 14.9. The molecule has 1 aromatic heterocycles. The van der Waals surface area contributed by atoms with Crippen LogP contribution in [0.1, 0.15) is 37.2 Å². The van der Waals surface area contributed by atoms with Gasteiger partial charge in [-0.15, -0.1) is 0 Å². The number of hydrogen-bond donors (Lipinski definition) is 1. The molecule has 0 fully saturated rings. The molecule has 1 heterocycles. The Labute approximate surface area is 124 Å². The number of methoxy groups -OCH3 is 1. The first-order valence-electron chi connectivity index (χ1n) is 6.65. The lowest BCUT2D eigenvalue weighted by atomic mass is 10.0. The molecule has 20 heavy (non-hydrogen) atoms. The van der Waals surface area contributed by atoms with Gasteiger partial charge in [-0.1, -0.05) is 29.8 Å². The zero-order chi connectivity index (χ0) is 14.7. The van der Waals surface area contributed by atoms with Gasteiger partial charge in [0.2, 0.25) is 0 Å². The van der Waals surface area contributed by atoms with E-state index in [1.165, 1.54) is 0 Å². The number of ether oxygens (including phenoxy) is 1. The van der Waals surface area contributed by atoms with Gasteiger partial charge in [0, 0.05) is 6.04 Å². The highest BCUT2D eigenvalue weighted by Gasteiger charge is 2.20. The van der Waals surface area contributed by atoms with Crippen LogP contribution in [0.4, 0.5) is 0 Å². The Morgan fingerprint density at radius 2 is 2.05 bits per heavy atom. The number of aromatic nitrogens is 2. The Kier molecular flexibility index (Phi) is 4.68. The first-order chi connectivity index (χ1) is 9.54. The van der Waals surface area contributed by atoms with Crippen LogP contribution in [0.2, 0.25) is 5.02 Å². The molecule has 1 atom stereocenters. The Balaban J connectivity index is 2.28. The lowest BCUT2D eigenvalue weighted by Crippen LogP contribution is -2.20. The van der Waals surface area contributed by atoms with Crippen molar-refractivity contribution in [2.75, 3.05) is 7.11 Å². The maximum atomic E-state index is 6.33. The van der Waals surface area contributed by atoms with Crippen molar-refractivity contribution in [3.63, 3.8) is 0 Å². The molecule has 5 heteroatoms. The van der Waals surface area contributed by atoms with Gasteiger partial charge >= 0.3 is 0 Å². The van der Waals surface area contributed by atoms with Gasteiger partial charge in [0.1, 0.15) is 5.75 Å². The van der Waals surface area contributed by atoms with Gasteiger partial charge in [-0.05, 0) is 31.9 Å². The molecule has 0 radical (unpaired) electrons. The van der Waals surface area contributed by atoms with E-state index in [4.69, 9.17) is 22.1 Å². The highest BCUT2D eigenvalue weighted by Crippen LogP contribution is 2.29. The fraction of sp³-hybridized carbons (Fsp3) is 0.400. The van der Waals surface area contributed by atoms with Crippen LogP contribution >= 0.6 is 11.6 Å². The van der Waals surface area contributed by atoms with Crippen LogP contribution in [0, 0.1) is 0 Å². The van der Waals surface area contributed by atoms with E-state index in [1.807, 2.05) is 28.9 Å². The standard InChI is InChI=1S/C15H20ClN3O/c1-10(2)19-15(12(16)9-18-19)13(17)8-11-6-4-5-7-14(11)20-3/h4-7,9-10,13H,8,17H2,1-3H3. The topological polar surface area (TPSA) is 53.1 Å². The van der Waals surface area contributed by atoms with Crippen LogP contribution in [0.25, 0.3) is 0 Å². The van der Waals surface area contributed by atoms with Crippen molar-refractivity contribution in [1.29, 1.82) is 0 Å². The van der Waals surface area contributed by atoms with Crippen LogP contribution in [0.5, 0.6) is 5.75 Å². The lowest BCUT2D eigenvalue weighted by Gasteiger charge is -2.18. The number of nitrogens with zero attached hydrogens (tertiary/aromatic N) is 2. The van der Waals surface area contributed by atoms with Crippen molar-refractivity contribution in [2.45, 2.75) is 32.4 Å². The summed E-state index contributed by atoms with van der Waals surface area (Å²) in [6.07, 6.45) is 2.31. The van der Waals surface area contributed by atoms with Crippen molar-refractivity contribution in [3.05, 3.63) is 46.7 Å². The minimum absolute atomic E-state index is 0.219. The molecule has 0 saturated heterocycles. The van der Waals surface area contributed by atoms with Gasteiger partial charge in [0.05, 0.1) is 30.1 Å². The van der Waals surface area contributed by atoms with Crippen LogP contribution in [-0.4, -0.2) is 16.9 Å². The van der Waals surface area contributed by atoms with E-state index in [9.17, 15) is 0 Å². The third kappa shape index (κ3) is 2.97. The smallest absolute Gasteiger partial charge is 0.122 e. The van der Waals surface area contributed by atoms with Gasteiger partial charge < -0.3 is 10.5 Å². The second-order valence-electron chi connectivity index (χ2n) is 5.04. The SMILES string of the molecule is COc1ccccc1CC(N)c1c(Cl)cnn1C(C)C. The highest BCUT2D eigenvalue weighted by atomic mass is 35.5. The second kappa shape index (κ2) is 6.29. The lowest BCUT2D eigenvalue weighted by molar-refractivity contribution is 0.406. The molecule has 4 nitrogen and oxygen atoms in total. The summed E-state index contributed by atoms with van der Waals surface area (Å²) in [6, 6.07) is 7.88. The van der Waals surface area contributed by atoms with Gasteiger partial charge in [-0.2, -0.15) is 5.10 Å². The van der Waals surface area contributed by atoms with Gasteiger partial charge in [0.15, 0.2) is 0 Å². The van der Waals surface area contributed by atoms with E-state index in [1.54, 1.807) is 13.3 Å². The fourth-order valence-corrected chi connectivity index (χ4v) is 2.58. The van der Waals surface area contributed by atoms with E-state index in [2.05, 4.69) is 18.9 Å². The van der Waals surface area contributed by atoms with Gasteiger partial charge in [0.25, 0.3) is 0 Å². The fourth-order valence-electron chi connectivity index (χ4n) is 2.31. The van der Waals surface area contributed by atoms with E-state index < -0.39 is 0 Å². The second-order valence-corrected chi connectivity index (χ2v) is 5.45. The molecule has 1 unspecified atom stereocenters. The molecule has 0 saturated carbocycles. The van der Waals surface area contributed by atoms with Crippen LogP contribution < -0.4 is 10.5 Å². The van der Waals surface area contributed by atoms with Crippen LogP contribution in [-0.2, 0) is 6.42 Å². The molecule has 0 bridgehead atoms. The Morgan fingerprint density at radius 3 is 2.70 bits per heavy atom. The molecular weight excluding hydrogens is 274 g/mol. The van der Waals surface area contributed by atoms with Crippen molar-refractivity contribution < 1.29 is 4.74 Å². The highest BCUT2D eigenvalue weighted by molar-refractivity contribution is 6.31. The molecule has 2 N–H and O–H groups in total. The largest absolute Gasteiger partial charge is 0.496 e. The molecule has 0 aliphatic heterocycles. The Bertz CT molecular complexity index is 580. The molecule has 0 aliphatic carbocycles. The molecule has 1 aromatic carbocycles. The zero-order valence-corrected chi connectivity index (χ0v) is 12.8. The monoisotopic (exact) mass is 293 g/mol. The third-order valence-electron chi connectivity index (χ3n) is 3.26. The van der Waals surface area contributed by atoms with Gasteiger partial charge in [-0.3, -0.25) is 4.68 Å².